The van der Waals surface area contributed by atoms with Gasteiger partial charge in [-0.1, -0.05) is 12.1 Å². The second-order valence-corrected chi connectivity index (χ2v) is 4.83. The Bertz CT molecular complexity index is 623. The van der Waals surface area contributed by atoms with E-state index < -0.39 is 28.8 Å². The molecule has 2 atom stereocenters. The first kappa shape index (κ1) is 17.1. The van der Waals surface area contributed by atoms with Gasteiger partial charge >= 0.3 is 5.97 Å². The van der Waals surface area contributed by atoms with Crippen molar-refractivity contribution in [3.63, 3.8) is 0 Å². The normalized spacial score (nSPS) is 12.7. The van der Waals surface area contributed by atoms with Gasteiger partial charge in [0, 0.05) is 18.1 Å². The first-order valence-corrected chi connectivity index (χ1v) is 6.48. The molecule has 1 aromatic rings. The van der Waals surface area contributed by atoms with Crippen LogP contribution in [0.4, 0.5) is 5.69 Å². The van der Waals surface area contributed by atoms with Gasteiger partial charge in [0.25, 0.3) is 5.69 Å². The minimum absolute atomic E-state index is 0.00743. The summed E-state index contributed by atoms with van der Waals surface area (Å²) in [5, 5.41) is 30.7. The Morgan fingerprint density at radius 2 is 2.18 bits per heavy atom. The van der Waals surface area contributed by atoms with Crippen molar-refractivity contribution in [2.75, 3.05) is 0 Å². The lowest BCUT2D eigenvalue weighted by molar-refractivity contribution is -0.384. The number of nitro groups is 1. The summed E-state index contributed by atoms with van der Waals surface area (Å²) in [6.45, 7) is 1.56. The summed E-state index contributed by atoms with van der Waals surface area (Å²) < 4.78 is 0. The van der Waals surface area contributed by atoms with Crippen molar-refractivity contribution in [2.24, 2.45) is 5.92 Å². The zero-order chi connectivity index (χ0) is 16.7. The summed E-state index contributed by atoms with van der Waals surface area (Å²) >= 11 is 0. The van der Waals surface area contributed by atoms with Gasteiger partial charge in [0.2, 0.25) is 5.91 Å². The molecule has 1 amide bonds. The summed E-state index contributed by atoms with van der Waals surface area (Å²) in [5.41, 5.74) is 0.266. The summed E-state index contributed by atoms with van der Waals surface area (Å²) in [7, 11) is 0. The van der Waals surface area contributed by atoms with E-state index in [9.17, 15) is 19.7 Å². The van der Waals surface area contributed by atoms with Gasteiger partial charge in [-0.15, -0.1) is 0 Å². The molecule has 0 spiro atoms. The number of carbonyl (C=O) groups excluding carboxylic acids is 1. The molecule has 0 fully saturated rings. The number of aliphatic carboxylic acids is 1. The monoisotopic (exact) mass is 305 g/mol. The number of nitrogens with zero attached hydrogens (tertiary/aromatic N) is 2. The number of carbonyl (C=O) groups is 2. The molecular formula is C14H15N3O5. The van der Waals surface area contributed by atoms with Crippen LogP contribution in [0.25, 0.3) is 0 Å². The zero-order valence-corrected chi connectivity index (χ0v) is 11.9. The Morgan fingerprint density at radius 3 is 2.73 bits per heavy atom. The molecule has 0 aromatic heterocycles. The lowest BCUT2D eigenvalue weighted by Crippen LogP contribution is -2.42. The SMILES string of the molecule is C[C@@H](C#N)C[C@H](NC(=O)Cc1cccc([N+](=O)[O-])c1)C(=O)O. The third-order valence-corrected chi connectivity index (χ3v) is 2.93. The van der Waals surface area contributed by atoms with E-state index in [1.165, 1.54) is 18.2 Å². The third kappa shape index (κ3) is 5.20. The predicted octanol–water partition coefficient (Wildman–Crippen LogP) is 1.26. The standard InChI is InChI=1S/C14H15N3O5/c1-9(8-15)5-12(14(19)20)16-13(18)7-10-3-2-4-11(6-10)17(21)22/h2-4,6,9,12H,5,7H2,1H3,(H,16,18)(H,19,20)/t9-,12+/m1/s1. The topological polar surface area (TPSA) is 133 Å². The smallest absolute Gasteiger partial charge is 0.326 e. The molecule has 8 nitrogen and oxygen atoms in total. The molecule has 8 heteroatoms. The van der Waals surface area contributed by atoms with Crippen molar-refractivity contribution in [1.29, 1.82) is 5.26 Å². The van der Waals surface area contributed by atoms with E-state index in [4.69, 9.17) is 10.4 Å². The minimum atomic E-state index is -1.23. The summed E-state index contributed by atoms with van der Waals surface area (Å²) in [5.74, 6) is -2.31. The molecule has 1 aromatic carbocycles. The van der Waals surface area contributed by atoms with Crippen molar-refractivity contribution >= 4 is 17.6 Å². The van der Waals surface area contributed by atoms with Crippen LogP contribution in [0.3, 0.4) is 0 Å². The van der Waals surface area contributed by atoms with E-state index in [0.717, 1.165) is 0 Å². The van der Waals surface area contributed by atoms with E-state index >= 15 is 0 Å². The summed E-state index contributed by atoms with van der Waals surface area (Å²) in [6, 6.07) is 6.29. The first-order chi connectivity index (χ1) is 10.3. The van der Waals surface area contributed by atoms with Crippen LogP contribution in [0, 0.1) is 27.4 Å². The maximum Gasteiger partial charge on any atom is 0.326 e. The van der Waals surface area contributed by atoms with Crippen LogP contribution >= 0.6 is 0 Å². The quantitative estimate of drug-likeness (QED) is 0.575. The second-order valence-electron chi connectivity index (χ2n) is 4.83. The Labute approximate surface area is 126 Å². The molecule has 0 aliphatic rings. The molecule has 0 heterocycles. The van der Waals surface area contributed by atoms with Gasteiger partial charge in [-0.2, -0.15) is 5.26 Å². The number of benzene rings is 1. The lowest BCUT2D eigenvalue weighted by Gasteiger charge is -2.15. The number of nitriles is 1. The third-order valence-electron chi connectivity index (χ3n) is 2.93. The van der Waals surface area contributed by atoms with Crippen molar-refractivity contribution < 1.29 is 19.6 Å². The Balaban J connectivity index is 2.71. The van der Waals surface area contributed by atoms with Gasteiger partial charge in [-0.05, 0) is 18.9 Å². The number of rotatable bonds is 7. The molecule has 0 bridgehead atoms. The van der Waals surface area contributed by atoms with Crippen LogP contribution < -0.4 is 5.32 Å². The molecule has 0 aliphatic carbocycles. The van der Waals surface area contributed by atoms with Crippen molar-refractivity contribution in [2.45, 2.75) is 25.8 Å². The predicted molar refractivity (Wildman–Crippen MR) is 75.8 cm³/mol. The molecule has 0 radical (unpaired) electrons. The number of amides is 1. The largest absolute Gasteiger partial charge is 0.480 e. The molecule has 1 rings (SSSR count). The fourth-order valence-electron chi connectivity index (χ4n) is 1.84. The number of hydrogen-bond donors (Lipinski definition) is 2. The number of carboxylic acid groups (broad SMARTS) is 1. The van der Waals surface area contributed by atoms with Crippen molar-refractivity contribution in [3.05, 3.63) is 39.9 Å². The summed E-state index contributed by atoms with van der Waals surface area (Å²) in [6.07, 6.45) is -0.182. The average Bonchev–Trinajstić information content (AvgIpc) is 2.46. The molecule has 116 valence electrons. The van der Waals surface area contributed by atoms with Gasteiger partial charge in [-0.25, -0.2) is 4.79 Å². The van der Waals surface area contributed by atoms with Crippen LogP contribution in [0.5, 0.6) is 0 Å². The van der Waals surface area contributed by atoms with E-state index in [1.807, 2.05) is 6.07 Å². The number of carboxylic acids is 1. The Hall–Kier alpha value is -2.95. The lowest BCUT2D eigenvalue weighted by atomic mass is 10.0. The number of non-ortho nitro benzene ring substituents is 1. The summed E-state index contributed by atoms with van der Waals surface area (Å²) in [4.78, 5) is 33.0. The van der Waals surface area contributed by atoms with E-state index in [0.29, 0.717) is 5.56 Å². The van der Waals surface area contributed by atoms with Crippen molar-refractivity contribution in [3.8, 4) is 6.07 Å². The van der Waals surface area contributed by atoms with Crippen LogP contribution in [0.2, 0.25) is 0 Å². The minimum Gasteiger partial charge on any atom is -0.480 e. The molecular weight excluding hydrogens is 290 g/mol. The zero-order valence-electron chi connectivity index (χ0n) is 11.9. The highest BCUT2D eigenvalue weighted by Gasteiger charge is 2.22. The number of nitrogens with one attached hydrogen (secondary N) is 1. The number of hydrogen-bond acceptors (Lipinski definition) is 5. The van der Waals surface area contributed by atoms with Gasteiger partial charge in [0.15, 0.2) is 0 Å². The molecule has 0 saturated heterocycles. The molecule has 0 unspecified atom stereocenters. The van der Waals surface area contributed by atoms with Gasteiger partial charge in [0.1, 0.15) is 6.04 Å². The van der Waals surface area contributed by atoms with E-state index in [2.05, 4.69) is 5.32 Å². The van der Waals surface area contributed by atoms with Crippen LogP contribution in [-0.2, 0) is 16.0 Å². The van der Waals surface area contributed by atoms with Gasteiger partial charge in [-0.3, -0.25) is 14.9 Å². The second kappa shape index (κ2) is 7.73. The Morgan fingerprint density at radius 1 is 1.50 bits per heavy atom. The Kier molecular flexibility index (Phi) is 6.01. The molecule has 0 saturated carbocycles. The number of nitro benzene ring substituents is 1. The fraction of sp³-hybridized carbons (Fsp3) is 0.357. The highest BCUT2D eigenvalue weighted by Crippen LogP contribution is 2.13. The van der Waals surface area contributed by atoms with Crippen LogP contribution in [-0.4, -0.2) is 27.9 Å². The van der Waals surface area contributed by atoms with Crippen LogP contribution in [0.15, 0.2) is 24.3 Å². The molecule has 2 N–H and O–H groups in total. The van der Waals surface area contributed by atoms with E-state index in [-0.39, 0.29) is 18.5 Å². The van der Waals surface area contributed by atoms with E-state index in [1.54, 1.807) is 13.0 Å². The molecule has 22 heavy (non-hydrogen) atoms. The van der Waals surface area contributed by atoms with Crippen molar-refractivity contribution in [1.82, 2.24) is 5.32 Å². The fourth-order valence-corrected chi connectivity index (χ4v) is 1.84. The van der Waals surface area contributed by atoms with Gasteiger partial charge < -0.3 is 10.4 Å². The van der Waals surface area contributed by atoms with Crippen LogP contribution in [0.1, 0.15) is 18.9 Å². The molecule has 0 aliphatic heterocycles. The first-order valence-electron chi connectivity index (χ1n) is 6.48. The highest BCUT2D eigenvalue weighted by molar-refractivity contribution is 5.84. The maximum atomic E-state index is 11.9. The highest BCUT2D eigenvalue weighted by atomic mass is 16.6. The van der Waals surface area contributed by atoms with Gasteiger partial charge in [0.05, 0.1) is 17.4 Å². The average molecular weight is 305 g/mol. The maximum absolute atomic E-state index is 11.9.